The second-order valence-electron chi connectivity index (χ2n) is 6.58. The molecule has 1 heterocycles. The molecule has 0 unspecified atom stereocenters. The van der Waals surface area contributed by atoms with E-state index in [-0.39, 0.29) is 24.1 Å². The Morgan fingerprint density at radius 2 is 1.96 bits per heavy atom. The molecule has 0 spiro atoms. The minimum Gasteiger partial charge on any atom is -0.459 e. The molecule has 6 nitrogen and oxygen atoms in total. The maximum atomic E-state index is 12.4. The number of rotatable bonds is 5. The lowest BCUT2D eigenvalue weighted by Gasteiger charge is -2.22. The lowest BCUT2D eigenvalue weighted by atomic mass is 10.0. The number of aliphatic hydroxyl groups is 1. The van der Waals surface area contributed by atoms with Crippen molar-refractivity contribution in [3.05, 3.63) is 53.5 Å². The Bertz CT molecular complexity index is 762. The predicted octanol–water partition coefficient (Wildman–Crippen LogP) is 2.88. The highest BCUT2D eigenvalue weighted by molar-refractivity contribution is 6.03. The number of benzene rings is 1. The first-order chi connectivity index (χ1) is 12.0. The molecule has 132 valence electrons. The fourth-order valence-electron chi connectivity index (χ4n) is 3.05. The lowest BCUT2D eigenvalue weighted by Crippen LogP contribution is -2.40. The molecule has 0 radical (unpaired) electrons. The maximum Gasteiger partial charge on any atom is 0.291 e. The third-order valence-corrected chi connectivity index (χ3v) is 4.61. The van der Waals surface area contributed by atoms with E-state index in [0.29, 0.717) is 24.1 Å². The maximum absolute atomic E-state index is 12.4. The summed E-state index contributed by atoms with van der Waals surface area (Å²) in [5.74, 6) is -0.433. The highest BCUT2D eigenvalue weighted by Crippen LogP contribution is 2.28. The molecule has 1 fully saturated rings. The first kappa shape index (κ1) is 17.2. The fraction of sp³-hybridized carbons (Fsp3) is 0.368. The molecule has 6 heteroatoms. The van der Waals surface area contributed by atoms with Crippen molar-refractivity contribution in [3.63, 3.8) is 0 Å². The molecule has 0 bridgehead atoms. The minimum absolute atomic E-state index is 0.206. The molecule has 3 rings (SSSR count). The summed E-state index contributed by atoms with van der Waals surface area (Å²) in [6.45, 7) is 2.09. The zero-order valence-electron chi connectivity index (χ0n) is 14.2. The van der Waals surface area contributed by atoms with Gasteiger partial charge in [-0.25, -0.2) is 0 Å². The Balaban J connectivity index is 1.68. The van der Waals surface area contributed by atoms with Gasteiger partial charge in [-0.1, -0.05) is 18.9 Å². The van der Waals surface area contributed by atoms with E-state index < -0.39 is 5.60 Å². The molecule has 1 saturated carbocycles. The van der Waals surface area contributed by atoms with Crippen LogP contribution in [0.1, 0.15) is 52.2 Å². The monoisotopic (exact) mass is 342 g/mol. The molecule has 2 aromatic rings. The first-order valence-electron chi connectivity index (χ1n) is 8.43. The van der Waals surface area contributed by atoms with Crippen LogP contribution in [0.4, 0.5) is 5.69 Å². The summed E-state index contributed by atoms with van der Waals surface area (Å²) in [5, 5.41) is 15.9. The van der Waals surface area contributed by atoms with Gasteiger partial charge in [0.05, 0.1) is 11.9 Å². The smallest absolute Gasteiger partial charge is 0.291 e. The van der Waals surface area contributed by atoms with Gasteiger partial charge in [0.25, 0.3) is 11.8 Å². The van der Waals surface area contributed by atoms with Crippen molar-refractivity contribution < 1.29 is 19.1 Å². The van der Waals surface area contributed by atoms with Gasteiger partial charge in [-0.05, 0) is 49.6 Å². The van der Waals surface area contributed by atoms with Gasteiger partial charge < -0.3 is 20.2 Å². The Hall–Kier alpha value is -2.60. The van der Waals surface area contributed by atoms with Crippen molar-refractivity contribution >= 4 is 17.5 Å². The van der Waals surface area contributed by atoms with Gasteiger partial charge in [0.2, 0.25) is 0 Å². The van der Waals surface area contributed by atoms with Crippen LogP contribution in [0, 0.1) is 6.92 Å². The quantitative estimate of drug-likeness (QED) is 0.779. The summed E-state index contributed by atoms with van der Waals surface area (Å²) < 4.78 is 5.07. The zero-order chi connectivity index (χ0) is 17.9. The molecule has 25 heavy (non-hydrogen) atoms. The molecule has 0 atom stereocenters. The van der Waals surface area contributed by atoms with E-state index in [9.17, 15) is 14.7 Å². The van der Waals surface area contributed by atoms with Crippen LogP contribution in [0.2, 0.25) is 0 Å². The van der Waals surface area contributed by atoms with Crippen LogP contribution in [-0.2, 0) is 0 Å². The largest absolute Gasteiger partial charge is 0.459 e. The molecule has 1 aliphatic carbocycles. The van der Waals surface area contributed by atoms with Crippen molar-refractivity contribution in [2.24, 2.45) is 0 Å². The number of amides is 2. The molecule has 2 amide bonds. The number of hydrogen-bond donors (Lipinski definition) is 3. The summed E-state index contributed by atoms with van der Waals surface area (Å²) in [6, 6.07) is 8.32. The number of furan rings is 1. The van der Waals surface area contributed by atoms with Gasteiger partial charge in [0.15, 0.2) is 5.76 Å². The summed E-state index contributed by atoms with van der Waals surface area (Å²) in [4.78, 5) is 24.5. The van der Waals surface area contributed by atoms with Gasteiger partial charge in [0, 0.05) is 17.8 Å². The normalized spacial score (nSPS) is 15.8. The van der Waals surface area contributed by atoms with Crippen molar-refractivity contribution in [2.75, 3.05) is 11.9 Å². The zero-order valence-corrected chi connectivity index (χ0v) is 14.2. The summed E-state index contributed by atoms with van der Waals surface area (Å²) in [7, 11) is 0. The molecule has 0 aliphatic heterocycles. The topological polar surface area (TPSA) is 91.6 Å². The van der Waals surface area contributed by atoms with Crippen molar-refractivity contribution in [1.29, 1.82) is 0 Å². The van der Waals surface area contributed by atoms with Crippen LogP contribution in [0.5, 0.6) is 0 Å². The molecule has 1 aliphatic rings. The van der Waals surface area contributed by atoms with Crippen LogP contribution in [-0.4, -0.2) is 29.1 Å². The van der Waals surface area contributed by atoms with Gasteiger partial charge in [-0.2, -0.15) is 0 Å². The van der Waals surface area contributed by atoms with E-state index in [1.165, 1.54) is 6.26 Å². The summed E-state index contributed by atoms with van der Waals surface area (Å²) >= 11 is 0. The van der Waals surface area contributed by atoms with Gasteiger partial charge in [0.1, 0.15) is 0 Å². The predicted molar refractivity (Wildman–Crippen MR) is 93.6 cm³/mol. The van der Waals surface area contributed by atoms with Gasteiger partial charge in [-0.15, -0.1) is 0 Å². The molecule has 0 saturated heterocycles. The van der Waals surface area contributed by atoms with E-state index in [1.807, 2.05) is 6.92 Å². The SMILES string of the molecule is Cc1ccc(C(=O)NCC2(O)CCCC2)cc1NC(=O)c1ccco1. The van der Waals surface area contributed by atoms with E-state index in [0.717, 1.165) is 18.4 Å². The average molecular weight is 342 g/mol. The van der Waals surface area contributed by atoms with E-state index in [2.05, 4.69) is 10.6 Å². The van der Waals surface area contributed by atoms with Gasteiger partial charge >= 0.3 is 0 Å². The van der Waals surface area contributed by atoms with Crippen LogP contribution in [0.15, 0.2) is 41.0 Å². The van der Waals surface area contributed by atoms with Crippen molar-refractivity contribution in [2.45, 2.75) is 38.2 Å². The third kappa shape index (κ3) is 4.09. The number of nitrogens with one attached hydrogen (secondary N) is 2. The number of carbonyl (C=O) groups excluding carboxylic acids is 2. The molecular weight excluding hydrogens is 320 g/mol. The fourth-order valence-corrected chi connectivity index (χ4v) is 3.05. The number of carbonyl (C=O) groups is 2. The van der Waals surface area contributed by atoms with E-state index in [4.69, 9.17) is 4.42 Å². The third-order valence-electron chi connectivity index (χ3n) is 4.61. The molecule has 1 aromatic carbocycles. The van der Waals surface area contributed by atoms with Gasteiger partial charge in [-0.3, -0.25) is 9.59 Å². The lowest BCUT2D eigenvalue weighted by molar-refractivity contribution is 0.0449. The second-order valence-corrected chi connectivity index (χ2v) is 6.58. The minimum atomic E-state index is -0.795. The number of aryl methyl sites for hydroxylation is 1. The molecule has 3 N–H and O–H groups in total. The van der Waals surface area contributed by atoms with Crippen molar-refractivity contribution in [1.82, 2.24) is 5.32 Å². The number of anilines is 1. The molecule has 1 aromatic heterocycles. The average Bonchev–Trinajstić information content (AvgIpc) is 3.27. The van der Waals surface area contributed by atoms with Crippen LogP contribution < -0.4 is 10.6 Å². The Morgan fingerprint density at radius 3 is 2.64 bits per heavy atom. The van der Waals surface area contributed by atoms with Crippen LogP contribution >= 0.6 is 0 Å². The second kappa shape index (κ2) is 7.11. The Labute approximate surface area is 146 Å². The van der Waals surface area contributed by atoms with Crippen LogP contribution in [0.25, 0.3) is 0 Å². The number of hydrogen-bond acceptors (Lipinski definition) is 4. The summed E-state index contributed by atoms with van der Waals surface area (Å²) in [6.07, 6.45) is 4.83. The van der Waals surface area contributed by atoms with E-state index in [1.54, 1.807) is 30.3 Å². The highest BCUT2D eigenvalue weighted by Gasteiger charge is 2.31. The van der Waals surface area contributed by atoms with E-state index >= 15 is 0 Å². The standard InChI is InChI=1S/C19H22N2O4/c1-13-6-7-14(17(22)20-12-19(24)8-2-3-9-19)11-15(13)21-18(23)16-5-4-10-25-16/h4-7,10-11,24H,2-3,8-9,12H2,1H3,(H,20,22)(H,21,23). The van der Waals surface area contributed by atoms with Crippen LogP contribution in [0.3, 0.4) is 0 Å². The first-order valence-corrected chi connectivity index (χ1v) is 8.43. The molecular formula is C19H22N2O4. The Kier molecular flexibility index (Phi) is 4.90. The van der Waals surface area contributed by atoms with Crippen molar-refractivity contribution in [3.8, 4) is 0 Å². The highest BCUT2D eigenvalue weighted by atomic mass is 16.3. The Morgan fingerprint density at radius 1 is 1.20 bits per heavy atom. The summed E-state index contributed by atoms with van der Waals surface area (Å²) in [5.41, 5.74) is 1.03.